The van der Waals surface area contributed by atoms with Gasteiger partial charge in [0.05, 0.1) is 5.75 Å². The van der Waals surface area contributed by atoms with Gasteiger partial charge < -0.3 is 5.32 Å². The third-order valence-electron chi connectivity index (χ3n) is 3.34. The summed E-state index contributed by atoms with van der Waals surface area (Å²) in [6.45, 7) is 2.09. The molecule has 1 aromatic rings. The van der Waals surface area contributed by atoms with Gasteiger partial charge in [-0.1, -0.05) is 42.7 Å². The van der Waals surface area contributed by atoms with Gasteiger partial charge in [-0.15, -0.1) is 11.8 Å². The highest BCUT2D eigenvalue weighted by molar-refractivity contribution is 7.99. The molecule has 0 saturated heterocycles. The van der Waals surface area contributed by atoms with E-state index in [9.17, 15) is 4.79 Å². The molecule has 18 heavy (non-hydrogen) atoms. The summed E-state index contributed by atoms with van der Waals surface area (Å²) in [5, 5.41) is 3.11. The monoisotopic (exact) mass is 263 g/mol. The molecule has 1 N–H and O–H groups in total. The normalized spacial score (nSPS) is 15.8. The summed E-state index contributed by atoms with van der Waals surface area (Å²) in [5.74, 6) is 1.68. The predicted octanol–water partition coefficient (Wildman–Crippen LogP) is 3.29. The van der Waals surface area contributed by atoms with Crippen LogP contribution in [-0.2, 0) is 10.5 Å². The SMILES string of the molecule is Cc1ccc(CSCC(=O)NC2CCCC2)cc1. The van der Waals surface area contributed by atoms with Gasteiger partial charge in [0.2, 0.25) is 5.91 Å². The minimum absolute atomic E-state index is 0.194. The van der Waals surface area contributed by atoms with Crippen LogP contribution in [0.1, 0.15) is 36.8 Å². The number of carbonyl (C=O) groups is 1. The van der Waals surface area contributed by atoms with E-state index in [1.807, 2.05) is 0 Å². The zero-order chi connectivity index (χ0) is 12.8. The lowest BCUT2D eigenvalue weighted by Crippen LogP contribution is -2.33. The Bertz CT molecular complexity index is 382. The van der Waals surface area contributed by atoms with Gasteiger partial charge in [0.25, 0.3) is 0 Å². The first-order valence-corrected chi connectivity index (χ1v) is 7.82. The summed E-state index contributed by atoms with van der Waals surface area (Å²) in [6, 6.07) is 8.95. The van der Waals surface area contributed by atoms with Gasteiger partial charge in [-0.05, 0) is 25.3 Å². The van der Waals surface area contributed by atoms with E-state index in [1.54, 1.807) is 11.8 Å². The number of aryl methyl sites for hydroxylation is 1. The summed E-state index contributed by atoms with van der Waals surface area (Å²) < 4.78 is 0. The second-order valence-electron chi connectivity index (χ2n) is 5.03. The second kappa shape index (κ2) is 6.83. The molecule has 0 spiro atoms. The first-order chi connectivity index (χ1) is 8.74. The van der Waals surface area contributed by atoms with Crippen molar-refractivity contribution in [2.45, 2.75) is 44.4 Å². The van der Waals surface area contributed by atoms with Crippen LogP contribution in [0, 0.1) is 6.92 Å². The molecule has 1 aliphatic carbocycles. The maximum absolute atomic E-state index is 11.7. The van der Waals surface area contributed by atoms with Gasteiger partial charge >= 0.3 is 0 Å². The topological polar surface area (TPSA) is 29.1 Å². The van der Waals surface area contributed by atoms with Gasteiger partial charge in [-0.2, -0.15) is 0 Å². The number of thioether (sulfide) groups is 1. The molecule has 0 aromatic heterocycles. The highest BCUT2D eigenvalue weighted by atomic mass is 32.2. The van der Waals surface area contributed by atoms with Crippen molar-refractivity contribution in [1.82, 2.24) is 5.32 Å². The number of hydrogen-bond donors (Lipinski definition) is 1. The molecule has 0 unspecified atom stereocenters. The van der Waals surface area contributed by atoms with E-state index in [0.717, 1.165) is 18.6 Å². The molecule has 0 atom stereocenters. The average molecular weight is 263 g/mol. The summed E-state index contributed by atoms with van der Waals surface area (Å²) in [6.07, 6.45) is 4.85. The molecule has 1 aliphatic rings. The fraction of sp³-hybridized carbons (Fsp3) is 0.533. The summed E-state index contributed by atoms with van der Waals surface area (Å²) >= 11 is 1.69. The molecular weight excluding hydrogens is 242 g/mol. The molecule has 3 heteroatoms. The van der Waals surface area contributed by atoms with E-state index in [2.05, 4.69) is 36.5 Å². The van der Waals surface area contributed by atoms with Crippen LogP contribution >= 0.6 is 11.8 Å². The fourth-order valence-electron chi connectivity index (χ4n) is 2.29. The van der Waals surface area contributed by atoms with Crippen molar-refractivity contribution in [3.8, 4) is 0 Å². The molecule has 2 nitrogen and oxygen atoms in total. The molecule has 0 heterocycles. The van der Waals surface area contributed by atoms with Crippen LogP contribution in [0.3, 0.4) is 0 Å². The smallest absolute Gasteiger partial charge is 0.230 e. The highest BCUT2D eigenvalue weighted by Gasteiger charge is 2.16. The van der Waals surface area contributed by atoms with E-state index < -0.39 is 0 Å². The quantitative estimate of drug-likeness (QED) is 0.883. The van der Waals surface area contributed by atoms with Crippen molar-refractivity contribution in [3.05, 3.63) is 35.4 Å². The number of benzene rings is 1. The number of nitrogens with one attached hydrogen (secondary N) is 1. The standard InChI is InChI=1S/C15H21NOS/c1-12-6-8-13(9-7-12)10-18-11-15(17)16-14-4-2-3-5-14/h6-9,14H,2-5,10-11H2,1H3,(H,16,17). The zero-order valence-electron chi connectivity index (χ0n) is 10.9. The molecule has 2 rings (SSSR count). The lowest BCUT2D eigenvalue weighted by Gasteiger charge is -2.11. The Morgan fingerprint density at radius 3 is 2.61 bits per heavy atom. The second-order valence-corrected chi connectivity index (χ2v) is 6.01. The molecule has 0 aliphatic heterocycles. The van der Waals surface area contributed by atoms with Gasteiger partial charge in [0.1, 0.15) is 0 Å². The van der Waals surface area contributed by atoms with Crippen LogP contribution in [0.2, 0.25) is 0 Å². The Morgan fingerprint density at radius 1 is 1.28 bits per heavy atom. The first-order valence-electron chi connectivity index (χ1n) is 6.67. The van der Waals surface area contributed by atoms with Crippen LogP contribution in [0.25, 0.3) is 0 Å². The van der Waals surface area contributed by atoms with E-state index in [-0.39, 0.29) is 5.91 Å². The molecule has 0 bridgehead atoms. The van der Waals surface area contributed by atoms with Crippen molar-refractivity contribution in [3.63, 3.8) is 0 Å². The maximum Gasteiger partial charge on any atom is 0.230 e. The van der Waals surface area contributed by atoms with Crippen LogP contribution in [0.15, 0.2) is 24.3 Å². The Labute approximate surface area is 114 Å². The van der Waals surface area contributed by atoms with Crippen LogP contribution in [-0.4, -0.2) is 17.7 Å². The Kier molecular flexibility index (Phi) is 5.12. The summed E-state index contributed by atoms with van der Waals surface area (Å²) in [7, 11) is 0. The van der Waals surface area contributed by atoms with E-state index in [1.165, 1.54) is 24.0 Å². The number of hydrogen-bond acceptors (Lipinski definition) is 2. The molecule has 1 saturated carbocycles. The Hall–Kier alpha value is -0.960. The number of carbonyl (C=O) groups excluding carboxylic acids is 1. The maximum atomic E-state index is 11.7. The third kappa shape index (κ3) is 4.37. The van der Waals surface area contributed by atoms with E-state index in [0.29, 0.717) is 11.8 Å². The van der Waals surface area contributed by atoms with Gasteiger partial charge in [-0.3, -0.25) is 4.79 Å². The fourth-order valence-corrected chi connectivity index (χ4v) is 3.08. The minimum atomic E-state index is 0.194. The molecule has 0 radical (unpaired) electrons. The molecular formula is C15H21NOS. The first kappa shape index (κ1) is 13.5. The lowest BCUT2D eigenvalue weighted by atomic mass is 10.2. The predicted molar refractivity (Wildman–Crippen MR) is 77.7 cm³/mol. The Morgan fingerprint density at radius 2 is 1.94 bits per heavy atom. The van der Waals surface area contributed by atoms with E-state index in [4.69, 9.17) is 0 Å². The van der Waals surface area contributed by atoms with Gasteiger partial charge in [0, 0.05) is 11.8 Å². The number of rotatable bonds is 5. The van der Waals surface area contributed by atoms with Gasteiger partial charge in [-0.25, -0.2) is 0 Å². The minimum Gasteiger partial charge on any atom is -0.353 e. The van der Waals surface area contributed by atoms with Gasteiger partial charge in [0.15, 0.2) is 0 Å². The summed E-state index contributed by atoms with van der Waals surface area (Å²) in [5.41, 5.74) is 2.57. The number of amides is 1. The lowest BCUT2D eigenvalue weighted by molar-refractivity contribution is -0.119. The molecule has 1 amide bonds. The largest absolute Gasteiger partial charge is 0.353 e. The van der Waals surface area contributed by atoms with Crippen molar-refractivity contribution in [2.24, 2.45) is 0 Å². The van der Waals surface area contributed by atoms with Crippen molar-refractivity contribution >= 4 is 17.7 Å². The molecule has 1 fully saturated rings. The average Bonchev–Trinajstić information content (AvgIpc) is 2.84. The van der Waals surface area contributed by atoms with E-state index >= 15 is 0 Å². The summed E-state index contributed by atoms with van der Waals surface area (Å²) in [4.78, 5) is 11.7. The van der Waals surface area contributed by atoms with Crippen molar-refractivity contribution in [2.75, 3.05) is 5.75 Å². The van der Waals surface area contributed by atoms with Crippen molar-refractivity contribution in [1.29, 1.82) is 0 Å². The Balaban J connectivity index is 1.65. The van der Waals surface area contributed by atoms with Crippen LogP contribution in [0.5, 0.6) is 0 Å². The highest BCUT2D eigenvalue weighted by Crippen LogP contribution is 2.18. The molecule has 1 aromatic carbocycles. The molecule has 98 valence electrons. The van der Waals surface area contributed by atoms with Crippen LogP contribution in [0.4, 0.5) is 0 Å². The van der Waals surface area contributed by atoms with Crippen molar-refractivity contribution < 1.29 is 4.79 Å². The zero-order valence-corrected chi connectivity index (χ0v) is 11.8. The third-order valence-corrected chi connectivity index (χ3v) is 4.35. The van der Waals surface area contributed by atoms with Crippen LogP contribution < -0.4 is 5.32 Å².